The van der Waals surface area contributed by atoms with Crippen molar-refractivity contribution < 1.29 is 19.4 Å². The van der Waals surface area contributed by atoms with Crippen LogP contribution in [0.3, 0.4) is 0 Å². The number of aliphatic imine (C=N–C) groups is 1. The number of carbonyl (C=O) groups is 2. The summed E-state index contributed by atoms with van der Waals surface area (Å²) in [6.07, 6.45) is 2.18. The first-order chi connectivity index (χ1) is 17.0. The van der Waals surface area contributed by atoms with Gasteiger partial charge in [0.2, 0.25) is 5.91 Å². The highest BCUT2D eigenvalue weighted by Crippen LogP contribution is 2.32. The summed E-state index contributed by atoms with van der Waals surface area (Å²) in [5.41, 5.74) is 1.68. The number of rotatable bonds is 10. The molecule has 0 aliphatic carbocycles. The average molecular weight is 560 g/mol. The number of carboxylic acid groups (broad SMARTS) is 1. The van der Waals surface area contributed by atoms with Crippen molar-refractivity contribution in [2.75, 3.05) is 25.0 Å². The fourth-order valence-electron chi connectivity index (χ4n) is 3.52. The van der Waals surface area contributed by atoms with Gasteiger partial charge in [-0.05, 0) is 58.6 Å². The third-order valence-corrected chi connectivity index (χ3v) is 7.26. The van der Waals surface area contributed by atoms with Crippen LogP contribution in [0.25, 0.3) is 10.2 Å². The second kappa shape index (κ2) is 12.0. The third kappa shape index (κ3) is 7.15. The van der Waals surface area contributed by atoms with E-state index in [4.69, 9.17) is 4.74 Å². The molecule has 9 nitrogen and oxygen atoms in total. The van der Waals surface area contributed by atoms with E-state index in [9.17, 15) is 14.7 Å². The number of thiazole rings is 1. The molecule has 0 saturated carbocycles. The number of ether oxygens (including phenoxy) is 1. The number of halogens is 1. The first kappa shape index (κ1) is 24.9. The second-order valence-electron chi connectivity index (χ2n) is 8.00. The zero-order valence-corrected chi connectivity index (χ0v) is 21.3. The van der Waals surface area contributed by atoms with E-state index in [0.29, 0.717) is 42.7 Å². The van der Waals surface area contributed by atoms with Gasteiger partial charge in [-0.25, -0.2) is 9.78 Å². The Kier molecular flexibility index (Phi) is 8.54. The molecule has 4 N–H and O–H groups in total. The number of anilines is 1. The van der Waals surface area contributed by atoms with Crippen molar-refractivity contribution in [3.05, 3.63) is 52.5 Å². The summed E-state index contributed by atoms with van der Waals surface area (Å²) in [5.74, 6) is 0.173. The van der Waals surface area contributed by atoms with Crippen LogP contribution in [0.15, 0.2) is 51.9 Å². The number of guanidine groups is 1. The number of nitrogens with zero attached hydrogens (tertiary/aromatic N) is 2. The van der Waals surface area contributed by atoms with Crippen LogP contribution < -0.4 is 20.7 Å². The minimum atomic E-state index is -0.948. The predicted octanol–water partition coefficient (Wildman–Crippen LogP) is 3.79. The highest BCUT2D eigenvalue weighted by Gasteiger charge is 2.20. The number of aliphatic carboxylic acids is 1. The van der Waals surface area contributed by atoms with Crippen molar-refractivity contribution in [2.45, 2.75) is 31.7 Å². The molecule has 4 rings (SSSR count). The number of aromatic nitrogens is 1. The normalized spacial score (nSPS) is 14.0. The molecule has 35 heavy (non-hydrogen) atoms. The second-order valence-corrected chi connectivity index (χ2v) is 9.85. The maximum Gasteiger partial charge on any atom is 0.326 e. The third-order valence-electron chi connectivity index (χ3n) is 5.30. The number of nitrogens with one attached hydrogen (secondary N) is 3. The Hall–Kier alpha value is -3.18. The molecule has 1 aliphatic heterocycles. The van der Waals surface area contributed by atoms with Gasteiger partial charge in [0.1, 0.15) is 11.8 Å². The molecule has 3 aromatic rings. The van der Waals surface area contributed by atoms with Crippen molar-refractivity contribution in [3.63, 3.8) is 0 Å². The number of fused-ring (bicyclic) bond motifs is 1. The summed E-state index contributed by atoms with van der Waals surface area (Å²) >= 11 is 4.92. The van der Waals surface area contributed by atoms with E-state index in [2.05, 4.69) is 41.9 Å². The molecule has 0 bridgehead atoms. The SMILES string of the molecule is O=C(CCCOc1ccc(CC(Nc2nc3cccc(Br)c3s2)C(=O)O)cc1)NC1=NCCCN1. The molecular weight excluding hydrogens is 534 g/mol. The monoisotopic (exact) mass is 559 g/mol. The van der Waals surface area contributed by atoms with Crippen LogP contribution in [0.4, 0.5) is 5.13 Å². The van der Waals surface area contributed by atoms with Crippen LogP contribution in [0.1, 0.15) is 24.8 Å². The highest BCUT2D eigenvalue weighted by molar-refractivity contribution is 9.10. The quantitative estimate of drug-likeness (QED) is 0.278. The van der Waals surface area contributed by atoms with E-state index in [1.165, 1.54) is 11.3 Å². The van der Waals surface area contributed by atoms with Gasteiger partial charge in [-0.1, -0.05) is 29.5 Å². The van der Waals surface area contributed by atoms with Gasteiger partial charge in [-0.2, -0.15) is 0 Å². The van der Waals surface area contributed by atoms with Gasteiger partial charge < -0.3 is 20.5 Å². The van der Waals surface area contributed by atoms with Crippen LogP contribution in [0, 0.1) is 0 Å². The summed E-state index contributed by atoms with van der Waals surface area (Å²) < 4.78 is 7.62. The lowest BCUT2D eigenvalue weighted by molar-refractivity contribution is -0.137. The summed E-state index contributed by atoms with van der Waals surface area (Å²) in [7, 11) is 0. The first-order valence-electron chi connectivity index (χ1n) is 11.3. The van der Waals surface area contributed by atoms with Crippen LogP contribution in [-0.4, -0.2) is 53.7 Å². The number of carbonyl (C=O) groups excluding carboxylic acids is 1. The molecule has 0 spiro atoms. The Balaban J connectivity index is 1.24. The maximum atomic E-state index is 12.0. The lowest BCUT2D eigenvalue weighted by Crippen LogP contribution is -2.43. The van der Waals surface area contributed by atoms with Gasteiger partial charge in [0.05, 0.1) is 16.8 Å². The summed E-state index contributed by atoms with van der Waals surface area (Å²) in [5, 5.41) is 19.1. The van der Waals surface area contributed by atoms with E-state index < -0.39 is 12.0 Å². The fraction of sp³-hybridized carbons (Fsp3) is 0.333. The fourth-order valence-corrected chi connectivity index (χ4v) is 5.04. The van der Waals surface area contributed by atoms with Crippen LogP contribution in [-0.2, 0) is 16.0 Å². The first-order valence-corrected chi connectivity index (χ1v) is 12.9. The van der Waals surface area contributed by atoms with Crippen molar-refractivity contribution in [1.82, 2.24) is 15.6 Å². The van der Waals surface area contributed by atoms with Crippen molar-refractivity contribution in [2.24, 2.45) is 4.99 Å². The van der Waals surface area contributed by atoms with Gasteiger partial charge in [-0.3, -0.25) is 15.1 Å². The molecule has 1 unspecified atom stereocenters. The summed E-state index contributed by atoms with van der Waals surface area (Å²) in [6.45, 7) is 1.95. The standard InChI is InChI=1S/C24H26BrN5O4S/c25-17-4-1-5-18-21(17)35-24(28-18)29-19(22(32)33)14-15-7-9-16(10-8-15)34-13-2-6-20(31)30-23-26-11-3-12-27-23/h1,4-5,7-10,19H,2-3,6,11-14H2,(H,28,29)(H,32,33)(H2,26,27,30,31). The zero-order chi connectivity index (χ0) is 24.6. The Morgan fingerprint density at radius 1 is 1.23 bits per heavy atom. The van der Waals surface area contributed by atoms with Gasteiger partial charge in [0.25, 0.3) is 0 Å². The Morgan fingerprint density at radius 3 is 2.77 bits per heavy atom. The summed E-state index contributed by atoms with van der Waals surface area (Å²) in [6, 6.07) is 12.2. The van der Waals surface area contributed by atoms with Crippen LogP contribution >= 0.6 is 27.3 Å². The minimum absolute atomic E-state index is 0.0928. The van der Waals surface area contributed by atoms with Gasteiger partial charge in [-0.15, -0.1) is 0 Å². The Morgan fingerprint density at radius 2 is 2.06 bits per heavy atom. The molecule has 1 aromatic heterocycles. The van der Waals surface area contributed by atoms with Crippen molar-refractivity contribution >= 4 is 60.5 Å². The predicted molar refractivity (Wildman–Crippen MR) is 140 cm³/mol. The van der Waals surface area contributed by atoms with Crippen molar-refractivity contribution in [3.8, 4) is 5.75 Å². The smallest absolute Gasteiger partial charge is 0.326 e. The maximum absolute atomic E-state index is 12.0. The van der Waals surface area contributed by atoms with Gasteiger partial charge in [0, 0.05) is 30.4 Å². The van der Waals surface area contributed by atoms with Crippen molar-refractivity contribution in [1.29, 1.82) is 0 Å². The lowest BCUT2D eigenvalue weighted by Gasteiger charge is -2.15. The molecular formula is C24H26BrN5O4S. The molecule has 1 aliphatic rings. The summed E-state index contributed by atoms with van der Waals surface area (Å²) in [4.78, 5) is 32.5. The van der Waals surface area contributed by atoms with Gasteiger partial charge >= 0.3 is 5.97 Å². The van der Waals surface area contributed by atoms with E-state index >= 15 is 0 Å². The van der Waals surface area contributed by atoms with E-state index in [-0.39, 0.29) is 5.91 Å². The molecule has 1 atom stereocenters. The van der Waals surface area contributed by atoms with Gasteiger partial charge in [0.15, 0.2) is 11.1 Å². The molecule has 0 radical (unpaired) electrons. The number of hydrogen-bond donors (Lipinski definition) is 4. The average Bonchev–Trinajstić information content (AvgIpc) is 3.27. The highest BCUT2D eigenvalue weighted by atomic mass is 79.9. The van der Waals surface area contributed by atoms with E-state index in [1.807, 2.05) is 42.5 Å². The Labute approximate surface area is 215 Å². The Bertz CT molecular complexity index is 1210. The molecule has 2 aromatic carbocycles. The molecule has 2 heterocycles. The van der Waals surface area contributed by atoms with Crippen LogP contribution in [0.5, 0.6) is 5.75 Å². The lowest BCUT2D eigenvalue weighted by atomic mass is 10.1. The topological polar surface area (TPSA) is 125 Å². The van der Waals surface area contributed by atoms with E-state index in [0.717, 1.165) is 39.8 Å². The molecule has 1 amide bonds. The number of hydrogen-bond acceptors (Lipinski definition) is 8. The number of amides is 1. The molecule has 184 valence electrons. The molecule has 11 heteroatoms. The van der Waals surface area contributed by atoms with E-state index in [1.54, 1.807) is 0 Å². The number of carboxylic acids is 1. The zero-order valence-electron chi connectivity index (χ0n) is 18.9. The van der Waals surface area contributed by atoms with Crippen LogP contribution in [0.2, 0.25) is 0 Å². The number of benzene rings is 2. The largest absolute Gasteiger partial charge is 0.494 e. The molecule has 0 fully saturated rings. The minimum Gasteiger partial charge on any atom is -0.494 e. The molecule has 0 saturated heterocycles.